The molecule has 5 rings (SSSR count). The molecule has 8 heteroatoms. The molecule has 39 heavy (non-hydrogen) atoms. The Kier molecular flexibility index (Phi) is 7.19. The molecule has 0 radical (unpaired) electrons. The van der Waals surface area contributed by atoms with Crippen LogP contribution in [0.1, 0.15) is 41.5 Å². The first-order valence-corrected chi connectivity index (χ1v) is 12.8. The number of hydrazone groups is 1. The van der Waals surface area contributed by atoms with E-state index in [4.69, 9.17) is 14.4 Å². The molecule has 0 aliphatic carbocycles. The van der Waals surface area contributed by atoms with Gasteiger partial charge in [-0.1, -0.05) is 42.4 Å². The highest BCUT2D eigenvalue weighted by atomic mass is 19.1. The van der Waals surface area contributed by atoms with Crippen molar-refractivity contribution in [1.29, 1.82) is 0 Å². The van der Waals surface area contributed by atoms with Crippen molar-refractivity contribution >= 4 is 17.4 Å². The van der Waals surface area contributed by atoms with Gasteiger partial charge in [0.05, 0.1) is 31.0 Å². The highest BCUT2D eigenvalue weighted by Gasteiger charge is 2.38. The average Bonchev–Trinajstić information content (AvgIpc) is 3.48. The molecule has 0 bridgehead atoms. The molecule has 1 aliphatic rings. The lowest BCUT2D eigenvalue weighted by molar-refractivity contribution is -0.137. The van der Waals surface area contributed by atoms with Gasteiger partial charge in [0.2, 0.25) is 0 Å². The molecular formula is C31H30FN3O4. The smallest absolute Gasteiger partial charge is 0.305 e. The van der Waals surface area contributed by atoms with Crippen molar-refractivity contribution in [2.75, 3.05) is 12.1 Å². The lowest BCUT2D eigenvalue weighted by atomic mass is 9.93. The Morgan fingerprint density at radius 1 is 1.08 bits per heavy atom. The van der Waals surface area contributed by atoms with Crippen molar-refractivity contribution in [3.05, 3.63) is 101 Å². The summed E-state index contributed by atoms with van der Waals surface area (Å²) in [4.78, 5) is 11.6. The minimum atomic E-state index is -0.881. The van der Waals surface area contributed by atoms with Crippen LogP contribution in [0.4, 0.5) is 10.1 Å². The molecule has 2 atom stereocenters. The third-order valence-corrected chi connectivity index (χ3v) is 7.23. The Balaban J connectivity index is 1.37. The molecule has 0 fully saturated rings. The Hall–Kier alpha value is -4.46. The summed E-state index contributed by atoms with van der Waals surface area (Å²) in [7, 11) is 1.57. The second kappa shape index (κ2) is 10.7. The number of carboxylic acids is 1. The largest absolute Gasteiger partial charge is 0.497 e. The number of ether oxygens (including phenoxy) is 1. The molecule has 0 saturated heterocycles. The summed E-state index contributed by atoms with van der Waals surface area (Å²) in [6, 6.07) is 20.1. The van der Waals surface area contributed by atoms with Gasteiger partial charge in [-0.25, -0.2) is 4.39 Å². The first-order valence-electron chi connectivity index (χ1n) is 12.8. The lowest BCUT2D eigenvalue weighted by Crippen LogP contribution is -2.34. The van der Waals surface area contributed by atoms with Crippen molar-refractivity contribution in [3.63, 3.8) is 0 Å². The van der Waals surface area contributed by atoms with E-state index in [2.05, 4.69) is 5.16 Å². The van der Waals surface area contributed by atoms with Gasteiger partial charge in [-0.15, -0.1) is 0 Å². The van der Waals surface area contributed by atoms with Crippen LogP contribution >= 0.6 is 0 Å². The third-order valence-electron chi connectivity index (χ3n) is 7.23. The van der Waals surface area contributed by atoms with Gasteiger partial charge in [0, 0.05) is 17.5 Å². The van der Waals surface area contributed by atoms with E-state index in [1.54, 1.807) is 24.3 Å². The summed E-state index contributed by atoms with van der Waals surface area (Å²) in [5.74, 6) is -0.0245. The third kappa shape index (κ3) is 5.41. The van der Waals surface area contributed by atoms with Crippen LogP contribution < -0.4 is 9.75 Å². The van der Waals surface area contributed by atoms with E-state index in [9.17, 15) is 14.3 Å². The summed E-state index contributed by atoms with van der Waals surface area (Å²) in [6.45, 7) is 5.80. The molecular weight excluding hydrogens is 497 g/mol. The zero-order valence-electron chi connectivity index (χ0n) is 22.3. The van der Waals surface area contributed by atoms with Crippen molar-refractivity contribution < 1.29 is 23.6 Å². The number of anilines is 1. The van der Waals surface area contributed by atoms with Crippen LogP contribution in [0.2, 0.25) is 0 Å². The number of hydrogen-bond donors (Lipinski definition) is 1. The number of rotatable bonds is 8. The summed E-state index contributed by atoms with van der Waals surface area (Å²) >= 11 is 0. The number of halogens is 1. The minimum absolute atomic E-state index is 0.0494. The lowest BCUT2D eigenvalue weighted by Gasteiger charge is -2.25. The summed E-state index contributed by atoms with van der Waals surface area (Å²) in [6.07, 6.45) is 0.654. The van der Waals surface area contributed by atoms with Crippen LogP contribution in [0, 0.1) is 25.6 Å². The molecule has 7 nitrogen and oxygen atoms in total. The van der Waals surface area contributed by atoms with E-state index in [-0.39, 0.29) is 24.2 Å². The summed E-state index contributed by atoms with van der Waals surface area (Å²) in [5.41, 5.74) is 6.75. The SMILES string of the molecule is COc1ccc(F)c(-c2ccc(Cc3ccc(N4N=C(c5cc(C)on5)[C@@H](C)[C@@H]4CC(=O)O)cc3)c(C)c2)c1. The number of nitrogens with zero attached hydrogens (tertiary/aromatic N) is 3. The molecule has 2 heterocycles. The van der Waals surface area contributed by atoms with Gasteiger partial charge in [-0.05, 0) is 72.9 Å². The number of aliphatic carboxylic acids is 1. The number of aryl methyl sites for hydroxylation is 2. The number of carboxylic acid groups (broad SMARTS) is 1. The molecule has 0 amide bonds. The second-order valence-electron chi connectivity index (χ2n) is 9.94. The number of carbonyl (C=O) groups is 1. The molecule has 3 aromatic carbocycles. The fraction of sp³-hybridized carbons (Fsp3) is 0.258. The minimum Gasteiger partial charge on any atom is -0.497 e. The zero-order chi connectivity index (χ0) is 27.7. The van der Waals surface area contributed by atoms with Gasteiger partial charge in [0.25, 0.3) is 0 Å². The molecule has 0 spiro atoms. The first-order chi connectivity index (χ1) is 18.7. The highest BCUT2D eigenvalue weighted by molar-refractivity contribution is 6.03. The van der Waals surface area contributed by atoms with E-state index < -0.39 is 5.97 Å². The predicted octanol–water partition coefficient (Wildman–Crippen LogP) is 6.40. The quantitative estimate of drug-likeness (QED) is 0.285. The predicted molar refractivity (Wildman–Crippen MR) is 148 cm³/mol. The van der Waals surface area contributed by atoms with Gasteiger partial charge in [0.15, 0.2) is 0 Å². The van der Waals surface area contributed by atoms with Crippen LogP contribution in [-0.2, 0) is 11.2 Å². The number of methoxy groups -OCH3 is 1. The van der Waals surface area contributed by atoms with Crippen molar-refractivity contribution in [1.82, 2.24) is 5.16 Å². The molecule has 4 aromatic rings. The number of benzene rings is 3. The molecule has 0 saturated carbocycles. The molecule has 1 aliphatic heterocycles. The zero-order valence-corrected chi connectivity index (χ0v) is 22.3. The Morgan fingerprint density at radius 2 is 1.85 bits per heavy atom. The Morgan fingerprint density at radius 3 is 2.49 bits per heavy atom. The van der Waals surface area contributed by atoms with Gasteiger partial charge in [0.1, 0.15) is 23.0 Å². The fourth-order valence-electron chi connectivity index (χ4n) is 5.04. The monoisotopic (exact) mass is 527 g/mol. The Labute approximate surface area is 226 Å². The van der Waals surface area contributed by atoms with Crippen LogP contribution in [-0.4, -0.2) is 35.1 Å². The number of aromatic nitrogens is 1. The number of hydrogen-bond acceptors (Lipinski definition) is 6. The van der Waals surface area contributed by atoms with E-state index in [1.807, 2.05) is 69.3 Å². The van der Waals surface area contributed by atoms with Crippen molar-refractivity contribution in [2.45, 2.75) is 39.7 Å². The maximum Gasteiger partial charge on any atom is 0.305 e. The van der Waals surface area contributed by atoms with Gasteiger partial charge in [-0.3, -0.25) is 9.80 Å². The molecule has 0 unspecified atom stereocenters. The second-order valence-corrected chi connectivity index (χ2v) is 9.94. The topological polar surface area (TPSA) is 88.2 Å². The average molecular weight is 528 g/mol. The molecule has 1 aromatic heterocycles. The van der Waals surface area contributed by atoms with E-state index in [1.165, 1.54) is 6.07 Å². The van der Waals surface area contributed by atoms with Crippen molar-refractivity contribution in [2.24, 2.45) is 11.0 Å². The fourth-order valence-corrected chi connectivity index (χ4v) is 5.04. The van der Waals surface area contributed by atoms with Gasteiger partial charge < -0.3 is 14.4 Å². The maximum atomic E-state index is 14.5. The summed E-state index contributed by atoms with van der Waals surface area (Å²) < 4.78 is 25.0. The van der Waals surface area contributed by atoms with E-state index in [0.717, 1.165) is 27.9 Å². The van der Waals surface area contributed by atoms with Gasteiger partial charge in [-0.2, -0.15) is 5.10 Å². The normalized spacial score (nSPS) is 16.8. The van der Waals surface area contributed by atoms with Crippen LogP contribution in [0.15, 0.2) is 76.4 Å². The molecule has 200 valence electrons. The van der Waals surface area contributed by atoms with Gasteiger partial charge >= 0.3 is 5.97 Å². The van der Waals surface area contributed by atoms with Crippen LogP contribution in [0.5, 0.6) is 5.75 Å². The maximum absolute atomic E-state index is 14.5. The van der Waals surface area contributed by atoms with Crippen LogP contribution in [0.25, 0.3) is 11.1 Å². The molecule has 1 N–H and O–H groups in total. The highest BCUT2D eigenvalue weighted by Crippen LogP contribution is 2.33. The first kappa shape index (κ1) is 26.2. The van der Waals surface area contributed by atoms with E-state index >= 15 is 0 Å². The van der Waals surface area contributed by atoms with E-state index in [0.29, 0.717) is 34.9 Å². The standard InChI is InChI=1S/C31H30FN3O4/c1-18-13-23(26-16-25(38-4)11-12-27(26)32)8-7-22(18)15-21-5-9-24(10-6-21)35-29(17-30(36)37)20(3)31(33-35)28-14-19(2)39-34-28/h5-14,16,20,29H,15,17H2,1-4H3,(H,36,37)/t20-,29-/m0/s1. The van der Waals surface area contributed by atoms with Crippen LogP contribution in [0.3, 0.4) is 0 Å². The summed E-state index contributed by atoms with van der Waals surface area (Å²) in [5, 5.41) is 20.2. The Bertz CT molecular complexity index is 1540. The van der Waals surface area contributed by atoms with Crippen molar-refractivity contribution in [3.8, 4) is 16.9 Å².